The molecule has 0 unspecified atom stereocenters. The van der Waals surface area contributed by atoms with Gasteiger partial charge in [0.1, 0.15) is 0 Å². The van der Waals surface area contributed by atoms with Crippen molar-refractivity contribution in [3.8, 4) is 0 Å². The maximum absolute atomic E-state index is 10.7. The molecule has 13 heavy (non-hydrogen) atoms. The van der Waals surface area contributed by atoms with Crippen molar-refractivity contribution < 1.29 is 19.7 Å². The Balaban J connectivity index is 3.20. The number of hydrogen-bond donors (Lipinski definition) is 2. The number of unbranched alkanes of at least 4 members (excludes halogenated alkanes) is 1. The first-order valence-electron chi connectivity index (χ1n) is 4.56. The van der Waals surface area contributed by atoms with E-state index >= 15 is 0 Å². The number of aliphatic hydroxyl groups is 2. The van der Waals surface area contributed by atoms with E-state index in [0.29, 0.717) is 19.3 Å². The van der Waals surface area contributed by atoms with Crippen molar-refractivity contribution in [2.75, 3.05) is 13.7 Å². The number of aliphatic hydroxyl groups excluding tert-OH is 2. The van der Waals surface area contributed by atoms with Crippen LogP contribution in [-0.4, -0.2) is 36.0 Å². The first-order valence-corrected chi connectivity index (χ1v) is 4.56. The van der Waals surface area contributed by atoms with Gasteiger partial charge in [-0.3, -0.25) is 4.79 Å². The highest BCUT2D eigenvalue weighted by atomic mass is 16.5. The zero-order valence-corrected chi connectivity index (χ0v) is 8.03. The van der Waals surface area contributed by atoms with Gasteiger partial charge in [0, 0.05) is 13.0 Å². The topological polar surface area (TPSA) is 66.8 Å². The summed E-state index contributed by atoms with van der Waals surface area (Å²) in [5.74, 6) is -0.211. The van der Waals surface area contributed by atoms with Gasteiger partial charge in [-0.2, -0.15) is 0 Å². The average molecular weight is 190 g/mol. The molecule has 1 atom stereocenters. The van der Waals surface area contributed by atoms with Gasteiger partial charge in [0.05, 0.1) is 13.2 Å². The van der Waals surface area contributed by atoms with Crippen LogP contribution in [0.1, 0.15) is 32.1 Å². The maximum atomic E-state index is 10.7. The Morgan fingerprint density at radius 3 is 2.62 bits per heavy atom. The van der Waals surface area contributed by atoms with Crippen molar-refractivity contribution in [2.24, 2.45) is 0 Å². The summed E-state index contributed by atoms with van der Waals surface area (Å²) in [6, 6.07) is 0. The van der Waals surface area contributed by atoms with Crippen molar-refractivity contribution in [3.05, 3.63) is 0 Å². The van der Waals surface area contributed by atoms with Crippen LogP contribution in [0.3, 0.4) is 0 Å². The van der Waals surface area contributed by atoms with Crippen molar-refractivity contribution in [3.63, 3.8) is 0 Å². The lowest BCUT2D eigenvalue weighted by Crippen LogP contribution is -2.08. The molecule has 0 spiro atoms. The van der Waals surface area contributed by atoms with Crippen LogP contribution in [0.2, 0.25) is 0 Å². The number of hydrogen-bond acceptors (Lipinski definition) is 4. The van der Waals surface area contributed by atoms with Gasteiger partial charge in [-0.1, -0.05) is 6.42 Å². The van der Waals surface area contributed by atoms with Crippen LogP contribution >= 0.6 is 0 Å². The number of esters is 1. The molecule has 0 radical (unpaired) electrons. The Hall–Kier alpha value is -0.610. The summed E-state index contributed by atoms with van der Waals surface area (Å²) in [6.07, 6.45) is 2.53. The molecule has 0 aromatic heterocycles. The fourth-order valence-electron chi connectivity index (χ4n) is 1.04. The molecule has 0 aromatic carbocycles. The van der Waals surface area contributed by atoms with E-state index in [9.17, 15) is 9.90 Å². The van der Waals surface area contributed by atoms with Gasteiger partial charge in [-0.25, -0.2) is 0 Å². The summed E-state index contributed by atoms with van der Waals surface area (Å²) in [5, 5.41) is 17.7. The van der Waals surface area contributed by atoms with E-state index in [0.717, 1.165) is 12.8 Å². The highest BCUT2D eigenvalue weighted by Gasteiger charge is 2.04. The summed E-state index contributed by atoms with van der Waals surface area (Å²) in [4.78, 5) is 10.7. The minimum Gasteiger partial charge on any atom is -0.469 e. The van der Waals surface area contributed by atoms with E-state index in [1.165, 1.54) is 7.11 Å². The highest BCUT2D eigenvalue weighted by molar-refractivity contribution is 5.68. The number of carbonyl (C=O) groups is 1. The molecule has 0 rings (SSSR count). The number of carbonyl (C=O) groups excluding carboxylic acids is 1. The molecular weight excluding hydrogens is 172 g/mol. The monoisotopic (exact) mass is 190 g/mol. The average Bonchev–Trinajstić information content (AvgIpc) is 2.12. The first-order chi connectivity index (χ1) is 6.20. The molecule has 0 aliphatic carbocycles. The summed E-state index contributed by atoms with van der Waals surface area (Å²) in [7, 11) is 1.36. The first kappa shape index (κ1) is 12.4. The molecule has 0 heterocycles. The molecule has 0 aliphatic rings. The van der Waals surface area contributed by atoms with Crippen LogP contribution in [-0.2, 0) is 9.53 Å². The Kier molecular flexibility index (Phi) is 7.63. The Labute approximate surface area is 78.5 Å². The lowest BCUT2D eigenvalue weighted by Gasteiger charge is -2.07. The molecule has 4 heteroatoms. The zero-order valence-electron chi connectivity index (χ0n) is 8.03. The van der Waals surface area contributed by atoms with Crippen LogP contribution < -0.4 is 0 Å². The summed E-state index contributed by atoms with van der Waals surface area (Å²) in [6.45, 7) is 0.0121. The standard InChI is InChI=1S/C9H18O4/c1-13-9(12)5-3-2-4-8(11)6-7-10/h8,10-11H,2-7H2,1H3/t8-/m0/s1. The lowest BCUT2D eigenvalue weighted by molar-refractivity contribution is -0.140. The molecule has 0 saturated heterocycles. The molecule has 0 fully saturated rings. The summed E-state index contributed by atoms with van der Waals surface area (Å²) >= 11 is 0. The molecule has 0 bridgehead atoms. The van der Waals surface area contributed by atoms with Crippen molar-refractivity contribution in [1.82, 2.24) is 0 Å². The number of methoxy groups -OCH3 is 1. The third-order valence-corrected chi connectivity index (χ3v) is 1.86. The van der Waals surface area contributed by atoms with E-state index in [-0.39, 0.29) is 12.6 Å². The fourth-order valence-corrected chi connectivity index (χ4v) is 1.04. The normalized spacial score (nSPS) is 12.5. The van der Waals surface area contributed by atoms with Crippen molar-refractivity contribution >= 4 is 5.97 Å². The second-order valence-electron chi connectivity index (χ2n) is 2.99. The molecule has 78 valence electrons. The van der Waals surface area contributed by atoms with E-state index < -0.39 is 6.10 Å². The molecule has 0 saturated carbocycles. The van der Waals surface area contributed by atoms with Gasteiger partial charge in [0.2, 0.25) is 0 Å². The van der Waals surface area contributed by atoms with E-state index in [1.54, 1.807) is 0 Å². The summed E-state index contributed by atoms with van der Waals surface area (Å²) < 4.78 is 4.46. The van der Waals surface area contributed by atoms with Gasteiger partial charge < -0.3 is 14.9 Å². The molecule has 0 aromatic rings. The molecule has 4 nitrogen and oxygen atoms in total. The third-order valence-electron chi connectivity index (χ3n) is 1.86. The van der Waals surface area contributed by atoms with Gasteiger partial charge in [0.25, 0.3) is 0 Å². The second-order valence-corrected chi connectivity index (χ2v) is 2.99. The van der Waals surface area contributed by atoms with E-state index in [4.69, 9.17) is 5.11 Å². The zero-order chi connectivity index (χ0) is 10.1. The van der Waals surface area contributed by atoms with Gasteiger partial charge >= 0.3 is 5.97 Å². The molecule has 2 N–H and O–H groups in total. The van der Waals surface area contributed by atoms with Crippen molar-refractivity contribution in [1.29, 1.82) is 0 Å². The Morgan fingerprint density at radius 1 is 1.38 bits per heavy atom. The largest absolute Gasteiger partial charge is 0.469 e. The number of rotatable bonds is 7. The SMILES string of the molecule is COC(=O)CCCC[C@H](O)CCO. The predicted octanol–water partition coefficient (Wildman–Crippen LogP) is 0.463. The highest BCUT2D eigenvalue weighted by Crippen LogP contribution is 2.06. The van der Waals surface area contributed by atoms with E-state index in [1.807, 2.05) is 0 Å². The Bertz CT molecular complexity index is 136. The third kappa shape index (κ3) is 7.74. The number of ether oxygens (including phenoxy) is 1. The molecule has 0 amide bonds. The van der Waals surface area contributed by atoms with E-state index in [2.05, 4.69) is 4.74 Å². The van der Waals surface area contributed by atoms with Gasteiger partial charge in [-0.15, -0.1) is 0 Å². The van der Waals surface area contributed by atoms with Crippen LogP contribution in [0.5, 0.6) is 0 Å². The Morgan fingerprint density at radius 2 is 2.08 bits per heavy atom. The second kappa shape index (κ2) is 8.01. The lowest BCUT2D eigenvalue weighted by atomic mass is 10.1. The minimum atomic E-state index is -0.442. The molecular formula is C9H18O4. The predicted molar refractivity (Wildman–Crippen MR) is 48.2 cm³/mol. The molecule has 0 aliphatic heterocycles. The van der Waals surface area contributed by atoms with Crippen LogP contribution in [0, 0.1) is 0 Å². The van der Waals surface area contributed by atoms with Crippen molar-refractivity contribution in [2.45, 2.75) is 38.2 Å². The quantitative estimate of drug-likeness (QED) is 0.452. The minimum absolute atomic E-state index is 0.0121. The fraction of sp³-hybridized carbons (Fsp3) is 0.889. The summed E-state index contributed by atoms with van der Waals surface area (Å²) in [5.41, 5.74) is 0. The maximum Gasteiger partial charge on any atom is 0.305 e. The smallest absolute Gasteiger partial charge is 0.305 e. The van der Waals surface area contributed by atoms with Crippen LogP contribution in [0.25, 0.3) is 0 Å². The van der Waals surface area contributed by atoms with Gasteiger partial charge in [0.15, 0.2) is 0 Å². The van der Waals surface area contributed by atoms with Gasteiger partial charge in [-0.05, 0) is 19.3 Å². The van der Waals surface area contributed by atoms with Crippen LogP contribution in [0.15, 0.2) is 0 Å². The van der Waals surface area contributed by atoms with Crippen LogP contribution in [0.4, 0.5) is 0 Å².